The van der Waals surface area contributed by atoms with Gasteiger partial charge in [0, 0.05) is 19.7 Å². The number of hydrogen-bond donors (Lipinski definition) is 1. The van der Waals surface area contributed by atoms with Crippen LogP contribution in [0.5, 0.6) is 5.75 Å². The molecule has 2 rings (SSSR count). The average Bonchev–Trinajstić information content (AvgIpc) is 2.42. The number of rotatable bonds is 6. The van der Waals surface area contributed by atoms with Crippen LogP contribution < -0.4 is 4.74 Å². The number of para-hydroxylation sites is 1. The summed E-state index contributed by atoms with van der Waals surface area (Å²) >= 11 is 0. The first-order chi connectivity index (χ1) is 8.88. The smallest absolute Gasteiger partial charge is 0.119 e. The Kier molecular flexibility index (Phi) is 5.49. The quantitative estimate of drug-likeness (QED) is 0.785. The minimum atomic E-state index is 0.313. The molecule has 0 bridgehead atoms. The van der Waals surface area contributed by atoms with Crippen LogP contribution in [0.1, 0.15) is 25.7 Å². The Morgan fingerprint density at radius 2 is 1.83 bits per heavy atom. The number of hydrogen-bond acceptors (Lipinski definition) is 3. The fourth-order valence-electron chi connectivity index (χ4n) is 2.39. The number of likely N-dealkylation sites (tertiary alicyclic amines) is 1. The van der Waals surface area contributed by atoms with Gasteiger partial charge in [0.05, 0.1) is 0 Å². The van der Waals surface area contributed by atoms with Crippen molar-refractivity contribution in [1.82, 2.24) is 4.90 Å². The van der Waals surface area contributed by atoms with Crippen molar-refractivity contribution in [2.75, 3.05) is 26.2 Å². The molecule has 1 heterocycles. The topological polar surface area (TPSA) is 32.7 Å². The average molecular weight is 249 g/mol. The largest absolute Gasteiger partial charge is 0.490 e. The molecule has 1 N–H and O–H groups in total. The predicted octanol–water partition coefficient (Wildman–Crippen LogP) is 2.30. The van der Waals surface area contributed by atoms with Crippen molar-refractivity contribution in [2.45, 2.75) is 31.8 Å². The second-order valence-corrected chi connectivity index (χ2v) is 4.90. The van der Waals surface area contributed by atoms with Gasteiger partial charge in [-0.1, -0.05) is 18.2 Å². The van der Waals surface area contributed by atoms with Crippen LogP contribution in [0.4, 0.5) is 0 Å². The lowest BCUT2D eigenvalue weighted by Gasteiger charge is -2.32. The van der Waals surface area contributed by atoms with Crippen LogP contribution in [-0.4, -0.2) is 42.4 Å². The van der Waals surface area contributed by atoms with Crippen LogP contribution in [0, 0.1) is 0 Å². The standard InChI is InChI=1S/C15H23NO2/c17-13-5-4-10-16-11-8-15(9-12-16)18-14-6-2-1-3-7-14/h1-3,6-7,15,17H,4-5,8-13H2. The maximum absolute atomic E-state index is 8.76. The summed E-state index contributed by atoms with van der Waals surface area (Å²) in [7, 11) is 0. The highest BCUT2D eigenvalue weighted by Gasteiger charge is 2.19. The Labute approximate surface area is 109 Å². The minimum absolute atomic E-state index is 0.313. The van der Waals surface area contributed by atoms with Gasteiger partial charge >= 0.3 is 0 Å². The number of ether oxygens (including phenoxy) is 1. The second-order valence-electron chi connectivity index (χ2n) is 4.90. The number of aliphatic hydroxyl groups is 1. The van der Waals surface area contributed by atoms with E-state index in [-0.39, 0.29) is 0 Å². The zero-order chi connectivity index (χ0) is 12.6. The summed E-state index contributed by atoms with van der Waals surface area (Å²) < 4.78 is 5.96. The third-order valence-electron chi connectivity index (χ3n) is 3.46. The van der Waals surface area contributed by atoms with Gasteiger partial charge in [0.2, 0.25) is 0 Å². The van der Waals surface area contributed by atoms with Gasteiger partial charge in [0.1, 0.15) is 11.9 Å². The molecule has 0 aromatic heterocycles. The van der Waals surface area contributed by atoms with E-state index in [1.165, 1.54) is 0 Å². The van der Waals surface area contributed by atoms with Gasteiger partial charge in [-0.25, -0.2) is 0 Å². The first kappa shape index (κ1) is 13.4. The van der Waals surface area contributed by atoms with Gasteiger partial charge in [0.25, 0.3) is 0 Å². The molecule has 3 heteroatoms. The van der Waals surface area contributed by atoms with E-state index in [2.05, 4.69) is 4.90 Å². The molecule has 1 saturated heterocycles. The fourth-order valence-corrected chi connectivity index (χ4v) is 2.39. The van der Waals surface area contributed by atoms with E-state index >= 15 is 0 Å². The lowest BCUT2D eigenvalue weighted by Crippen LogP contribution is -2.38. The second kappa shape index (κ2) is 7.39. The molecule has 1 aromatic rings. The van der Waals surface area contributed by atoms with Gasteiger partial charge < -0.3 is 14.7 Å². The molecule has 0 aliphatic carbocycles. The molecule has 3 nitrogen and oxygen atoms in total. The minimum Gasteiger partial charge on any atom is -0.490 e. The molecule has 1 aliphatic rings. The van der Waals surface area contributed by atoms with Gasteiger partial charge in [0.15, 0.2) is 0 Å². The van der Waals surface area contributed by atoms with E-state index in [1.54, 1.807) is 0 Å². The highest BCUT2D eigenvalue weighted by atomic mass is 16.5. The number of aliphatic hydroxyl groups excluding tert-OH is 1. The normalized spacial score (nSPS) is 17.8. The summed E-state index contributed by atoms with van der Waals surface area (Å²) in [5.41, 5.74) is 0. The lowest BCUT2D eigenvalue weighted by atomic mass is 10.1. The fraction of sp³-hybridized carbons (Fsp3) is 0.600. The molecule has 0 spiro atoms. The Morgan fingerprint density at radius 3 is 2.50 bits per heavy atom. The molecule has 100 valence electrons. The Hall–Kier alpha value is -1.06. The van der Waals surface area contributed by atoms with Gasteiger partial charge in [-0.15, -0.1) is 0 Å². The molecule has 0 amide bonds. The molecule has 0 unspecified atom stereocenters. The Bertz CT molecular complexity index is 321. The number of unbranched alkanes of at least 4 members (excludes halogenated alkanes) is 1. The van der Waals surface area contributed by atoms with E-state index in [0.717, 1.165) is 51.1 Å². The molecule has 0 radical (unpaired) electrons. The Balaban J connectivity index is 1.67. The van der Waals surface area contributed by atoms with Crippen molar-refractivity contribution in [3.63, 3.8) is 0 Å². The molecular formula is C15H23NO2. The maximum atomic E-state index is 8.76. The summed E-state index contributed by atoms with van der Waals surface area (Å²) in [5.74, 6) is 0.983. The van der Waals surface area contributed by atoms with Crippen molar-refractivity contribution in [3.8, 4) is 5.75 Å². The Morgan fingerprint density at radius 1 is 1.11 bits per heavy atom. The molecule has 0 saturated carbocycles. The summed E-state index contributed by atoms with van der Waals surface area (Å²) in [6.07, 6.45) is 4.59. The van der Waals surface area contributed by atoms with Gasteiger partial charge in [-0.3, -0.25) is 0 Å². The summed E-state index contributed by atoms with van der Waals surface area (Å²) in [6.45, 7) is 3.65. The first-order valence-electron chi connectivity index (χ1n) is 6.93. The van der Waals surface area contributed by atoms with E-state index in [4.69, 9.17) is 9.84 Å². The zero-order valence-corrected chi connectivity index (χ0v) is 10.9. The first-order valence-corrected chi connectivity index (χ1v) is 6.93. The van der Waals surface area contributed by atoms with Crippen LogP contribution in [0.25, 0.3) is 0 Å². The van der Waals surface area contributed by atoms with Gasteiger partial charge in [-0.05, 0) is 44.4 Å². The van der Waals surface area contributed by atoms with E-state index in [9.17, 15) is 0 Å². The summed E-state index contributed by atoms with van der Waals surface area (Å²) in [6, 6.07) is 10.1. The summed E-state index contributed by atoms with van der Waals surface area (Å²) in [4.78, 5) is 2.47. The van der Waals surface area contributed by atoms with Crippen molar-refractivity contribution in [3.05, 3.63) is 30.3 Å². The highest BCUT2D eigenvalue weighted by molar-refractivity contribution is 5.21. The monoisotopic (exact) mass is 249 g/mol. The molecule has 18 heavy (non-hydrogen) atoms. The van der Waals surface area contributed by atoms with Crippen LogP contribution in [-0.2, 0) is 0 Å². The zero-order valence-electron chi connectivity index (χ0n) is 10.9. The molecule has 1 aromatic carbocycles. The predicted molar refractivity (Wildman–Crippen MR) is 72.9 cm³/mol. The van der Waals surface area contributed by atoms with E-state index in [1.807, 2.05) is 30.3 Å². The van der Waals surface area contributed by atoms with Crippen molar-refractivity contribution < 1.29 is 9.84 Å². The molecule has 0 atom stereocenters. The lowest BCUT2D eigenvalue weighted by molar-refractivity contribution is 0.0985. The molecule has 1 aliphatic heterocycles. The third-order valence-corrected chi connectivity index (χ3v) is 3.46. The van der Waals surface area contributed by atoms with Gasteiger partial charge in [-0.2, -0.15) is 0 Å². The van der Waals surface area contributed by atoms with Crippen LogP contribution in [0.3, 0.4) is 0 Å². The molecule has 1 fully saturated rings. The molecular weight excluding hydrogens is 226 g/mol. The van der Waals surface area contributed by atoms with E-state index in [0.29, 0.717) is 12.7 Å². The highest BCUT2D eigenvalue weighted by Crippen LogP contribution is 2.18. The van der Waals surface area contributed by atoms with Crippen molar-refractivity contribution >= 4 is 0 Å². The van der Waals surface area contributed by atoms with Crippen LogP contribution in [0.2, 0.25) is 0 Å². The number of piperidine rings is 1. The van der Waals surface area contributed by atoms with Crippen molar-refractivity contribution in [2.24, 2.45) is 0 Å². The number of benzene rings is 1. The van der Waals surface area contributed by atoms with E-state index < -0.39 is 0 Å². The number of nitrogens with zero attached hydrogens (tertiary/aromatic N) is 1. The maximum Gasteiger partial charge on any atom is 0.119 e. The third kappa shape index (κ3) is 4.31. The van der Waals surface area contributed by atoms with Crippen molar-refractivity contribution in [1.29, 1.82) is 0 Å². The van der Waals surface area contributed by atoms with Crippen LogP contribution in [0.15, 0.2) is 30.3 Å². The summed E-state index contributed by atoms with van der Waals surface area (Å²) in [5, 5.41) is 8.76. The SMILES string of the molecule is OCCCCN1CCC(Oc2ccccc2)CC1. The van der Waals surface area contributed by atoms with Crippen LogP contribution >= 0.6 is 0 Å².